The molecule has 0 spiro atoms. The molecule has 1 fully saturated rings. The molecule has 0 aromatic carbocycles. The Bertz CT molecular complexity index is 745. The first-order valence-electron chi connectivity index (χ1n) is 9.14. The third-order valence-corrected chi connectivity index (χ3v) is 4.70. The summed E-state index contributed by atoms with van der Waals surface area (Å²) in [6, 6.07) is 1.92. The van der Waals surface area contributed by atoms with Gasteiger partial charge in [-0.2, -0.15) is 4.98 Å². The number of aryl methyl sites for hydroxylation is 2. The number of likely N-dealkylation sites (tertiary alicyclic amines) is 1. The topological polar surface area (TPSA) is 75.4 Å². The van der Waals surface area contributed by atoms with Crippen LogP contribution in [0.2, 0.25) is 0 Å². The number of hydrogen-bond acceptors (Lipinski definition) is 5. The van der Waals surface area contributed by atoms with Crippen LogP contribution in [0, 0.1) is 25.7 Å². The van der Waals surface area contributed by atoms with Crippen molar-refractivity contribution in [3.63, 3.8) is 0 Å². The Morgan fingerprint density at radius 3 is 2.68 bits per heavy atom. The number of rotatable bonds is 5. The smallest absolute Gasteiger partial charge is 0.291 e. The van der Waals surface area contributed by atoms with Crippen LogP contribution in [-0.4, -0.2) is 56.6 Å². The van der Waals surface area contributed by atoms with E-state index in [0.717, 1.165) is 49.3 Å². The molecular formula is C18H28N6O. The summed E-state index contributed by atoms with van der Waals surface area (Å²) < 4.78 is 1.61. The summed E-state index contributed by atoms with van der Waals surface area (Å²) in [5.74, 6) is 1.95. The largest absolute Gasteiger partial charge is 0.349 e. The second-order valence-corrected chi connectivity index (χ2v) is 7.50. The van der Waals surface area contributed by atoms with Crippen LogP contribution in [0.5, 0.6) is 0 Å². The van der Waals surface area contributed by atoms with Crippen molar-refractivity contribution >= 4 is 11.7 Å². The maximum atomic E-state index is 12.3. The van der Waals surface area contributed by atoms with E-state index in [1.54, 1.807) is 4.52 Å². The van der Waals surface area contributed by atoms with E-state index < -0.39 is 0 Å². The van der Waals surface area contributed by atoms with E-state index in [2.05, 4.69) is 39.1 Å². The van der Waals surface area contributed by atoms with E-state index in [0.29, 0.717) is 12.3 Å². The minimum absolute atomic E-state index is 0.182. The SMILES string of the molecule is Cc1cc(C)n2nc(C(=O)NCCCN3C[C@H](C)C[C@@H](C)C3)nc2n1. The molecule has 25 heavy (non-hydrogen) atoms. The monoisotopic (exact) mass is 344 g/mol. The van der Waals surface area contributed by atoms with Gasteiger partial charge in [-0.15, -0.1) is 5.10 Å². The van der Waals surface area contributed by atoms with Crippen molar-refractivity contribution in [1.29, 1.82) is 0 Å². The van der Waals surface area contributed by atoms with Crippen molar-refractivity contribution in [1.82, 2.24) is 29.8 Å². The van der Waals surface area contributed by atoms with Crippen LogP contribution in [0.3, 0.4) is 0 Å². The third kappa shape index (κ3) is 4.34. The minimum atomic E-state index is -0.233. The van der Waals surface area contributed by atoms with Gasteiger partial charge in [0.1, 0.15) is 0 Å². The molecular weight excluding hydrogens is 316 g/mol. The Morgan fingerprint density at radius 2 is 1.96 bits per heavy atom. The van der Waals surface area contributed by atoms with Crippen LogP contribution < -0.4 is 5.32 Å². The molecule has 0 radical (unpaired) electrons. The van der Waals surface area contributed by atoms with Crippen LogP contribution in [0.4, 0.5) is 0 Å². The maximum Gasteiger partial charge on any atom is 0.291 e. The van der Waals surface area contributed by atoms with Gasteiger partial charge < -0.3 is 10.2 Å². The van der Waals surface area contributed by atoms with Gasteiger partial charge in [0.15, 0.2) is 0 Å². The lowest BCUT2D eigenvalue weighted by Gasteiger charge is -2.34. The summed E-state index contributed by atoms with van der Waals surface area (Å²) in [6.45, 7) is 12.5. The molecule has 7 heteroatoms. The molecule has 2 aromatic rings. The molecule has 1 saturated heterocycles. The predicted molar refractivity (Wildman–Crippen MR) is 96.6 cm³/mol. The van der Waals surface area contributed by atoms with Crippen molar-refractivity contribution in [2.24, 2.45) is 11.8 Å². The number of aromatic nitrogens is 4. The van der Waals surface area contributed by atoms with Crippen LogP contribution in [0.15, 0.2) is 6.07 Å². The first-order valence-corrected chi connectivity index (χ1v) is 9.14. The van der Waals surface area contributed by atoms with Gasteiger partial charge in [0.25, 0.3) is 11.7 Å². The number of nitrogens with one attached hydrogen (secondary N) is 1. The Hall–Kier alpha value is -2.02. The highest BCUT2D eigenvalue weighted by Crippen LogP contribution is 2.20. The lowest BCUT2D eigenvalue weighted by molar-refractivity contribution is 0.0937. The Labute approximate surface area is 148 Å². The second-order valence-electron chi connectivity index (χ2n) is 7.50. The van der Waals surface area contributed by atoms with Gasteiger partial charge in [-0.25, -0.2) is 9.50 Å². The van der Waals surface area contributed by atoms with Crippen molar-refractivity contribution in [3.05, 3.63) is 23.3 Å². The molecule has 7 nitrogen and oxygen atoms in total. The molecule has 0 bridgehead atoms. The van der Waals surface area contributed by atoms with Crippen LogP contribution >= 0.6 is 0 Å². The van der Waals surface area contributed by atoms with Gasteiger partial charge in [0, 0.05) is 31.0 Å². The van der Waals surface area contributed by atoms with Gasteiger partial charge >= 0.3 is 0 Å². The van der Waals surface area contributed by atoms with E-state index in [1.165, 1.54) is 6.42 Å². The van der Waals surface area contributed by atoms with Gasteiger partial charge in [0.05, 0.1) is 0 Å². The molecule has 1 aliphatic rings. The highest BCUT2D eigenvalue weighted by molar-refractivity contribution is 5.90. The molecule has 1 aliphatic heterocycles. The molecule has 0 saturated carbocycles. The molecule has 3 rings (SSSR count). The summed E-state index contributed by atoms with van der Waals surface area (Å²) in [7, 11) is 0. The van der Waals surface area contributed by atoms with Gasteiger partial charge in [-0.3, -0.25) is 4.79 Å². The molecule has 3 heterocycles. The number of nitrogens with zero attached hydrogens (tertiary/aromatic N) is 5. The maximum absolute atomic E-state index is 12.3. The van der Waals surface area contributed by atoms with Gasteiger partial charge in [0.2, 0.25) is 5.82 Å². The van der Waals surface area contributed by atoms with E-state index >= 15 is 0 Å². The lowest BCUT2D eigenvalue weighted by Crippen LogP contribution is -2.40. The number of fused-ring (bicyclic) bond motifs is 1. The van der Waals surface area contributed by atoms with Crippen LogP contribution in [-0.2, 0) is 0 Å². The summed E-state index contributed by atoms with van der Waals surface area (Å²) in [5.41, 5.74) is 1.79. The van der Waals surface area contributed by atoms with Crippen molar-refractivity contribution in [2.45, 2.75) is 40.5 Å². The second kappa shape index (κ2) is 7.47. The first kappa shape index (κ1) is 17.8. The summed E-state index contributed by atoms with van der Waals surface area (Å²) >= 11 is 0. The fourth-order valence-electron chi connectivity index (χ4n) is 3.82. The molecule has 0 aliphatic carbocycles. The van der Waals surface area contributed by atoms with Gasteiger partial charge in [-0.1, -0.05) is 13.8 Å². The first-order chi connectivity index (χ1) is 11.9. The quantitative estimate of drug-likeness (QED) is 0.838. The van der Waals surface area contributed by atoms with E-state index in [1.807, 2.05) is 19.9 Å². The highest BCUT2D eigenvalue weighted by Gasteiger charge is 2.21. The number of amides is 1. The number of hydrogen-bond donors (Lipinski definition) is 1. The van der Waals surface area contributed by atoms with Crippen molar-refractivity contribution in [2.75, 3.05) is 26.2 Å². The molecule has 136 valence electrons. The van der Waals surface area contributed by atoms with Crippen molar-refractivity contribution in [3.8, 4) is 0 Å². The third-order valence-electron chi connectivity index (χ3n) is 4.70. The number of carbonyl (C=O) groups is 1. The average Bonchev–Trinajstić information content (AvgIpc) is 2.95. The average molecular weight is 344 g/mol. The fraction of sp³-hybridized carbons (Fsp3) is 0.667. The van der Waals surface area contributed by atoms with Gasteiger partial charge in [-0.05, 0) is 51.1 Å². The standard InChI is InChI=1S/C18H28N6O/c1-12-8-13(2)11-23(10-12)7-5-6-19-17(25)16-21-18-20-14(3)9-15(4)24(18)22-16/h9,12-13H,5-8,10-11H2,1-4H3,(H,19,25)/t12-,13-/m1/s1. The molecule has 2 aromatic heterocycles. The number of carbonyl (C=O) groups excluding carboxylic acids is 1. The highest BCUT2D eigenvalue weighted by atomic mass is 16.2. The summed E-state index contributed by atoms with van der Waals surface area (Å²) in [4.78, 5) is 23.3. The summed E-state index contributed by atoms with van der Waals surface area (Å²) in [5, 5.41) is 7.19. The molecule has 1 amide bonds. The van der Waals surface area contributed by atoms with E-state index in [9.17, 15) is 4.79 Å². The fourth-order valence-corrected chi connectivity index (χ4v) is 3.82. The van der Waals surface area contributed by atoms with Crippen LogP contribution in [0.25, 0.3) is 5.78 Å². The molecule has 1 N–H and O–H groups in total. The predicted octanol–water partition coefficient (Wildman–Crippen LogP) is 1.84. The van der Waals surface area contributed by atoms with Crippen molar-refractivity contribution < 1.29 is 4.79 Å². The van der Waals surface area contributed by atoms with Crippen LogP contribution in [0.1, 0.15) is 48.7 Å². The zero-order chi connectivity index (χ0) is 18.0. The Balaban J connectivity index is 1.50. The van der Waals surface area contributed by atoms with E-state index in [4.69, 9.17) is 0 Å². The lowest BCUT2D eigenvalue weighted by atomic mass is 9.92. The number of piperidine rings is 1. The molecule has 2 atom stereocenters. The summed E-state index contributed by atoms with van der Waals surface area (Å²) in [6.07, 6.45) is 2.26. The van der Waals surface area contributed by atoms with E-state index in [-0.39, 0.29) is 11.7 Å². The Kier molecular flexibility index (Phi) is 5.32. The molecule has 0 unspecified atom stereocenters. The minimum Gasteiger partial charge on any atom is -0.349 e. The zero-order valence-corrected chi connectivity index (χ0v) is 15.6. The normalized spacial score (nSPS) is 21.6. The zero-order valence-electron chi connectivity index (χ0n) is 15.6. The Morgan fingerprint density at radius 1 is 1.24 bits per heavy atom.